The van der Waals surface area contributed by atoms with E-state index in [0.29, 0.717) is 0 Å². The molecular formula is C8H12BrN3. The van der Waals surface area contributed by atoms with Crippen LogP contribution in [0.3, 0.4) is 0 Å². The van der Waals surface area contributed by atoms with Crippen molar-refractivity contribution < 1.29 is 0 Å². The first-order valence-electron chi connectivity index (χ1n) is 3.73. The molecule has 0 unspecified atom stereocenters. The molecule has 0 saturated carbocycles. The van der Waals surface area contributed by atoms with E-state index in [-0.39, 0.29) is 5.54 Å². The fourth-order valence-electron chi connectivity index (χ4n) is 0.787. The molecule has 1 N–H and O–H groups in total. The zero-order valence-corrected chi connectivity index (χ0v) is 9.01. The summed E-state index contributed by atoms with van der Waals surface area (Å²) >= 11 is 3.26. The Hall–Kier alpha value is -0.640. The Kier molecular flexibility index (Phi) is 2.67. The monoisotopic (exact) mass is 229 g/mol. The van der Waals surface area contributed by atoms with E-state index in [0.717, 1.165) is 10.4 Å². The average molecular weight is 230 g/mol. The molecule has 4 heteroatoms. The number of nitrogens with one attached hydrogen (secondary N) is 1. The highest BCUT2D eigenvalue weighted by atomic mass is 79.9. The lowest BCUT2D eigenvalue weighted by Crippen LogP contribution is -2.26. The lowest BCUT2D eigenvalue weighted by Gasteiger charge is -2.20. The van der Waals surface area contributed by atoms with Crippen LogP contribution in [0, 0.1) is 0 Å². The minimum absolute atomic E-state index is 0.0233. The van der Waals surface area contributed by atoms with Crippen molar-refractivity contribution in [3.8, 4) is 0 Å². The first kappa shape index (κ1) is 9.45. The van der Waals surface area contributed by atoms with Crippen LogP contribution in [0.2, 0.25) is 0 Å². The van der Waals surface area contributed by atoms with Gasteiger partial charge in [-0.15, -0.1) is 0 Å². The summed E-state index contributed by atoms with van der Waals surface area (Å²) in [5.41, 5.74) is 0.0233. The number of hydrogen-bond acceptors (Lipinski definition) is 3. The van der Waals surface area contributed by atoms with Crippen molar-refractivity contribution in [3.63, 3.8) is 0 Å². The van der Waals surface area contributed by atoms with Gasteiger partial charge >= 0.3 is 0 Å². The molecule has 0 aliphatic heterocycles. The molecule has 1 heterocycles. The maximum atomic E-state index is 4.20. The predicted molar refractivity (Wildman–Crippen MR) is 53.1 cm³/mol. The standard InChI is InChI=1S/C8H12BrN3/c1-8(2,3)12-7-5-10-4-6(9)11-7/h4-5H,1-3H3,(H,11,12). The van der Waals surface area contributed by atoms with Crippen molar-refractivity contribution in [2.24, 2.45) is 0 Å². The maximum Gasteiger partial charge on any atom is 0.146 e. The molecule has 0 bridgehead atoms. The van der Waals surface area contributed by atoms with Gasteiger partial charge in [0.25, 0.3) is 0 Å². The van der Waals surface area contributed by atoms with Crippen LogP contribution in [-0.2, 0) is 0 Å². The van der Waals surface area contributed by atoms with Gasteiger partial charge < -0.3 is 5.32 Å². The summed E-state index contributed by atoms with van der Waals surface area (Å²) in [6.07, 6.45) is 3.36. The van der Waals surface area contributed by atoms with Gasteiger partial charge in [0.15, 0.2) is 0 Å². The normalized spacial score (nSPS) is 11.3. The molecule has 1 aromatic heterocycles. The van der Waals surface area contributed by atoms with Crippen LogP contribution in [0.25, 0.3) is 0 Å². The van der Waals surface area contributed by atoms with Gasteiger partial charge in [0.2, 0.25) is 0 Å². The molecule has 12 heavy (non-hydrogen) atoms. The van der Waals surface area contributed by atoms with Crippen molar-refractivity contribution in [3.05, 3.63) is 17.0 Å². The highest BCUT2D eigenvalue weighted by molar-refractivity contribution is 9.10. The summed E-state index contributed by atoms with van der Waals surface area (Å²) in [5, 5.41) is 3.22. The van der Waals surface area contributed by atoms with E-state index in [2.05, 4.69) is 52.0 Å². The number of aromatic nitrogens is 2. The zero-order valence-electron chi connectivity index (χ0n) is 7.43. The molecule has 0 aromatic carbocycles. The van der Waals surface area contributed by atoms with Crippen molar-refractivity contribution in [1.29, 1.82) is 0 Å². The van der Waals surface area contributed by atoms with Gasteiger partial charge in [-0.1, -0.05) is 0 Å². The molecule has 66 valence electrons. The molecule has 0 spiro atoms. The molecular weight excluding hydrogens is 218 g/mol. The van der Waals surface area contributed by atoms with Crippen molar-refractivity contribution in [1.82, 2.24) is 9.97 Å². The topological polar surface area (TPSA) is 37.8 Å². The van der Waals surface area contributed by atoms with Gasteiger partial charge in [0.1, 0.15) is 10.4 Å². The third kappa shape index (κ3) is 3.17. The molecule has 0 atom stereocenters. The molecule has 0 fully saturated rings. The van der Waals surface area contributed by atoms with Crippen LogP contribution in [0.1, 0.15) is 20.8 Å². The minimum Gasteiger partial charge on any atom is -0.364 e. The van der Waals surface area contributed by atoms with Gasteiger partial charge in [-0.2, -0.15) is 0 Å². The van der Waals surface area contributed by atoms with Gasteiger partial charge in [-0.05, 0) is 36.7 Å². The van der Waals surface area contributed by atoms with Crippen molar-refractivity contribution in [2.45, 2.75) is 26.3 Å². The quantitative estimate of drug-likeness (QED) is 0.805. The largest absolute Gasteiger partial charge is 0.364 e. The van der Waals surface area contributed by atoms with Gasteiger partial charge in [-0.25, -0.2) is 4.98 Å². The van der Waals surface area contributed by atoms with Gasteiger partial charge in [0.05, 0.1) is 12.4 Å². The number of halogens is 1. The molecule has 0 saturated heterocycles. The molecule has 1 aromatic rings. The number of anilines is 1. The Balaban J connectivity index is 2.77. The second-order valence-electron chi connectivity index (χ2n) is 3.60. The van der Waals surface area contributed by atoms with Crippen LogP contribution >= 0.6 is 15.9 Å². The molecule has 0 aliphatic rings. The van der Waals surface area contributed by atoms with Crippen LogP contribution in [0.15, 0.2) is 17.0 Å². The third-order valence-corrected chi connectivity index (χ3v) is 1.49. The maximum absolute atomic E-state index is 4.20. The predicted octanol–water partition coefficient (Wildman–Crippen LogP) is 2.45. The Morgan fingerprint density at radius 2 is 2.00 bits per heavy atom. The van der Waals surface area contributed by atoms with E-state index in [1.165, 1.54) is 0 Å². The van der Waals surface area contributed by atoms with Crippen LogP contribution < -0.4 is 5.32 Å². The minimum atomic E-state index is 0.0233. The SMILES string of the molecule is CC(C)(C)Nc1cncc(Br)n1. The summed E-state index contributed by atoms with van der Waals surface area (Å²) in [6, 6.07) is 0. The number of hydrogen-bond donors (Lipinski definition) is 1. The van der Waals surface area contributed by atoms with Gasteiger partial charge in [0, 0.05) is 5.54 Å². The molecule has 0 aliphatic carbocycles. The average Bonchev–Trinajstić information content (AvgIpc) is 1.82. The lowest BCUT2D eigenvalue weighted by atomic mass is 10.1. The number of nitrogens with zero attached hydrogens (tertiary/aromatic N) is 2. The fraction of sp³-hybridized carbons (Fsp3) is 0.500. The highest BCUT2D eigenvalue weighted by Crippen LogP contribution is 2.12. The van der Waals surface area contributed by atoms with E-state index in [1.54, 1.807) is 12.4 Å². The van der Waals surface area contributed by atoms with Crippen LogP contribution in [0.5, 0.6) is 0 Å². The Bertz CT molecular complexity index is 267. The van der Waals surface area contributed by atoms with Crippen LogP contribution in [0.4, 0.5) is 5.82 Å². The van der Waals surface area contributed by atoms with Crippen LogP contribution in [-0.4, -0.2) is 15.5 Å². The van der Waals surface area contributed by atoms with E-state index in [9.17, 15) is 0 Å². The summed E-state index contributed by atoms with van der Waals surface area (Å²) in [6.45, 7) is 6.24. The van der Waals surface area contributed by atoms with Gasteiger partial charge in [-0.3, -0.25) is 4.98 Å². The Labute approximate surface area is 80.7 Å². The summed E-state index contributed by atoms with van der Waals surface area (Å²) in [4.78, 5) is 8.20. The molecule has 0 radical (unpaired) electrons. The fourth-order valence-corrected chi connectivity index (χ4v) is 1.10. The van der Waals surface area contributed by atoms with E-state index < -0.39 is 0 Å². The summed E-state index contributed by atoms with van der Waals surface area (Å²) in [7, 11) is 0. The first-order valence-corrected chi connectivity index (χ1v) is 4.52. The zero-order chi connectivity index (χ0) is 9.19. The third-order valence-electron chi connectivity index (χ3n) is 1.11. The molecule has 1 rings (SSSR count). The first-order chi connectivity index (χ1) is 5.47. The Morgan fingerprint density at radius 3 is 2.50 bits per heavy atom. The lowest BCUT2D eigenvalue weighted by molar-refractivity contribution is 0.629. The summed E-state index contributed by atoms with van der Waals surface area (Å²) < 4.78 is 0.747. The Morgan fingerprint density at radius 1 is 1.33 bits per heavy atom. The van der Waals surface area contributed by atoms with Crippen molar-refractivity contribution in [2.75, 3.05) is 5.32 Å². The molecule has 3 nitrogen and oxygen atoms in total. The van der Waals surface area contributed by atoms with E-state index in [1.807, 2.05) is 0 Å². The second kappa shape index (κ2) is 3.39. The number of rotatable bonds is 1. The second-order valence-corrected chi connectivity index (χ2v) is 4.41. The van der Waals surface area contributed by atoms with E-state index >= 15 is 0 Å². The van der Waals surface area contributed by atoms with E-state index in [4.69, 9.17) is 0 Å². The summed E-state index contributed by atoms with van der Waals surface area (Å²) in [5.74, 6) is 0.789. The molecule has 0 amide bonds. The van der Waals surface area contributed by atoms with Crippen molar-refractivity contribution >= 4 is 21.7 Å². The highest BCUT2D eigenvalue weighted by Gasteiger charge is 2.09. The smallest absolute Gasteiger partial charge is 0.146 e.